The van der Waals surface area contributed by atoms with Gasteiger partial charge in [-0.1, -0.05) is 26.3 Å². The highest BCUT2D eigenvalue weighted by molar-refractivity contribution is 5.17. The number of ether oxygens (including phenoxy) is 1. The summed E-state index contributed by atoms with van der Waals surface area (Å²) in [6.07, 6.45) is 4.66. The standard InChI is InChI=1S/C20H34O4/c1-6-18(3)10-13(22)16-19(4)9-7-8-17(2,12-21)15(19)14(23)11-20(16,5)24-18/h6,13-16,21-23H,1,7-12H2,2-5H3/t13-,14+,15-,16?,17-,18-,19-,20+/m0/s1. The Labute approximate surface area is 145 Å². The topological polar surface area (TPSA) is 69.9 Å². The molecule has 3 rings (SSSR count). The van der Waals surface area contributed by atoms with Crippen LogP contribution in [0, 0.1) is 22.7 Å². The average Bonchev–Trinajstić information content (AvgIpc) is 2.44. The van der Waals surface area contributed by atoms with E-state index >= 15 is 0 Å². The summed E-state index contributed by atoms with van der Waals surface area (Å²) in [5.74, 6) is -0.0641. The molecule has 4 nitrogen and oxygen atoms in total. The van der Waals surface area contributed by atoms with E-state index in [-0.39, 0.29) is 29.3 Å². The Morgan fingerprint density at radius 3 is 2.25 bits per heavy atom. The Morgan fingerprint density at radius 1 is 1.04 bits per heavy atom. The maximum absolute atomic E-state index is 11.1. The molecule has 24 heavy (non-hydrogen) atoms. The van der Waals surface area contributed by atoms with Crippen LogP contribution in [0.3, 0.4) is 0 Å². The zero-order valence-corrected chi connectivity index (χ0v) is 15.6. The third-order valence-corrected chi connectivity index (χ3v) is 7.55. The molecule has 3 N–H and O–H groups in total. The molecule has 0 spiro atoms. The monoisotopic (exact) mass is 338 g/mol. The van der Waals surface area contributed by atoms with Crippen LogP contribution in [0.1, 0.15) is 59.8 Å². The van der Waals surface area contributed by atoms with E-state index < -0.39 is 23.4 Å². The Balaban J connectivity index is 2.07. The maximum Gasteiger partial charge on any atom is 0.0864 e. The van der Waals surface area contributed by atoms with Gasteiger partial charge in [-0.15, -0.1) is 6.58 Å². The van der Waals surface area contributed by atoms with Crippen LogP contribution in [0.25, 0.3) is 0 Å². The minimum Gasteiger partial charge on any atom is -0.396 e. The SMILES string of the molecule is C=C[C@@]1(C)C[C@H](O)C2[C@@](C)(C[C@@H](O)[C@H]3[C@](C)(CO)CCC[C@]23C)O1. The van der Waals surface area contributed by atoms with Crippen molar-refractivity contribution in [1.82, 2.24) is 0 Å². The molecule has 1 aliphatic heterocycles. The molecule has 2 saturated carbocycles. The summed E-state index contributed by atoms with van der Waals surface area (Å²) < 4.78 is 6.47. The molecule has 2 aliphatic carbocycles. The van der Waals surface area contributed by atoms with E-state index in [1.165, 1.54) is 0 Å². The van der Waals surface area contributed by atoms with Crippen molar-refractivity contribution in [3.05, 3.63) is 12.7 Å². The molecule has 8 atom stereocenters. The zero-order chi connectivity index (χ0) is 18.0. The second kappa shape index (κ2) is 5.54. The van der Waals surface area contributed by atoms with Crippen molar-refractivity contribution in [2.45, 2.75) is 83.2 Å². The molecule has 1 heterocycles. The lowest BCUT2D eigenvalue weighted by atomic mass is 9.43. The molecular weight excluding hydrogens is 304 g/mol. The number of hydrogen-bond acceptors (Lipinski definition) is 4. The summed E-state index contributed by atoms with van der Waals surface area (Å²) in [5.41, 5.74) is -1.70. The van der Waals surface area contributed by atoms with Crippen LogP contribution in [0.4, 0.5) is 0 Å². The molecule has 4 heteroatoms. The predicted molar refractivity (Wildman–Crippen MR) is 93.5 cm³/mol. The molecule has 0 aromatic heterocycles. The highest BCUT2D eigenvalue weighted by Gasteiger charge is 2.67. The first kappa shape index (κ1) is 18.4. The molecular formula is C20H34O4. The fourth-order valence-electron chi connectivity index (χ4n) is 6.95. The smallest absolute Gasteiger partial charge is 0.0864 e. The lowest BCUT2D eigenvalue weighted by Crippen LogP contribution is -2.70. The second-order valence-electron chi connectivity index (χ2n) is 9.60. The summed E-state index contributed by atoms with van der Waals surface area (Å²) >= 11 is 0. The number of aliphatic hydroxyl groups excluding tert-OH is 3. The quantitative estimate of drug-likeness (QED) is 0.677. The molecule has 0 radical (unpaired) electrons. The summed E-state index contributed by atoms with van der Waals surface area (Å²) in [6, 6.07) is 0. The van der Waals surface area contributed by atoms with Gasteiger partial charge in [0.2, 0.25) is 0 Å². The minimum absolute atomic E-state index is 0.0202. The summed E-state index contributed by atoms with van der Waals surface area (Å²) in [6.45, 7) is 12.2. The average molecular weight is 338 g/mol. The first-order valence-corrected chi connectivity index (χ1v) is 9.34. The minimum atomic E-state index is -0.584. The van der Waals surface area contributed by atoms with Crippen molar-refractivity contribution < 1.29 is 20.1 Å². The van der Waals surface area contributed by atoms with E-state index in [9.17, 15) is 15.3 Å². The van der Waals surface area contributed by atoms with Crippen molar-refractivity contribution in [3.8, 4) is 0 Å². The van der Waals surface area contributed by atoms with Gasteiger partial charge < -0.3 is 20.1 Å². The van der Waals surface area contributed by atoms with Crippen LogP contribution in [0.2, 0.25) is 0 Å². The fourth-order valence-corrected chi connectivity index (χ4v) is 6.95. The van der Waals surface area contributed by atoms with E-state index in [1.54, 1.807) is 6.08 Å². The Bertz CT molecular complexity index is 522. The van der Waals surface area contributed by atoms with Gasteiger partial charge in [-0.25, -0.2) is 0 Å². The van der Waals surface area contributed by atoms with E-state index in [1.807, 2.05) is 13.8 Å². The van der Waals surface area contributed by atoms with Crippen LogP contribution in [0.15, 0.2) is 12.7 Å². The first-order valence-electron chi connectivity index (χ1n) is 9.34. The van der Waals surface area contributed by atoms with Crippen LogP contribution >= 0.6 is 0 Å². The third kappa shape index (κ3) is 2.41. The lowest BCUT2D eigenvalue weighted by Gasteiger charge is -2.67. The number of fused-ring (bicyclic) bond motifs is 3. The Hall–Kier alpha value is -0.420. The van der Waals surface area contributed by atoms with E-state index in [0.29, 0.717) is 12.8 Å². The maximum atomic E-state index is 11.1. The van der Waals surface area contributed by atoms with Gasteiger partial charge in [0.1, 0.15) is 0 Å². The molecule has 3 aliphatic rings. The van der Waals surface area contributed by atoms with Crippen molar-refractivity contribution in [3.63, 3.8) is 0 Å². The Kier molecular flexibility index (Phi) is 4.24. The largest absolute Gasteiger partial charge is 0.396 e. The highest BCUT2D eigenvalue weighted by Crippen LogP contribution is 2.65. The first-order chi connectivity index (χ1) is 11.0. The van der Waals surface area contributed by atoms with Gasteiger partial charge in [-0.2, -0.15) is 0 Å². The summed E-state index contributed by atoms with van der Waals surface area (Å²) in [4.78, 5) is 0. The molecule has 138 valence electrons. The van der Waals surface area contributed by atoms with Gasteiger partial charge in [0, 0.05) is 25.4 Å². The number of rotatable bonds is 2. The number of aliphatic hydroxyl groups is 3. The summed E-state index contributed by atoms with van der Waals surface area (Å²) in [7, 11) is 0. The molecule has 1 saturated heterocycles. The fraction of sp³-hybridized carbons (Fsp3) is 0.900. The van der Waals surface area contributed by atoms with Crippen LogP contribution in [0.5, 0.6) is 0 Å². The third-order valence-electron chi connectivity index (χ3n) is 7.55. The molecule has 3 fully saturated rings. The van der Waals surface area contributed by atoms with Crippen molar-refractivity contribution in [2.24, 2.45) is 22.7 Å². The predicted octanol–water partition coefficient (Wildman–Crippen LogP) is 2.66. The van der Waals surface area contributed by atoms with Gasteiger partial charge >= 0.3 is 0 Å². The van der Waals surface area contributed by atoms with Gasteiger partial charge in [0.05, 0.1) is 23.4 Å². The lowest BCUT2D eigenvalue weighted by molar-refractivity contribution is -0.306. The van der Waals surface area contributed by atoms with Gasteiger partial charge in [0.25, 0.3) is 0 Å². The van der Waals surface area contributed by atoms with Gasteiger partial charge in [0.15, 0.2) is 0 Å². The van der Waals surface area contributed by atoms with E-state index in [4.69, 9.17) is 4.74 Å². The van der Waals surface area contributed by atoms with Gasteiger partial charge in [-0.3, -0.25) is 0 Å². The van der Waals surface area contributed by atoms with E-state index in [0.717, 1.165) is 19.3 Å². The summed E-state index contributed by atoms with van der Waals surface area (Å²) in [5, 5.41) is 32.2. The molecule has 1 unspecified atom stereocenters. The Morgan fingerprint density at radius 2 is 1.67 bits per heavy atom. The molecule has 0 aromatic rings. The molecule has 0 aromatic carbocycles. The van der Waals surface area contributed by atoms with Gasteiger partial charge in [-0.05, 0) is 43.4 Å². The van der Waals surface area contributed by atoms with E-state index in [2.05, 4.69) is 20.4 Å². The van der Waals surface area contributed by atoms with Crippen molar-refractivity contribution in [2.75, 3.05) is 6.61 Å². The second-order valence-corrected chi connectivity index (χ2v) is 9.60. The van der Waals surface area contributed by atoms with Crippen molar-refractivity contribution in [1.29, 1.82) is 0 Å². The zero-order valence-electron chi connectivity index (χ0n) is 15.6. The van der Waals surface area contributed by atoms with Crippen LogP contribution in [-0.2, 0) is 4.74 Å². The molecule has 0 bridgehead atoms. The molecule has 0 amide bonds. The van der Waals surface area contributed by atoms with Crippen LogP contribution in [-0.4, -0.2) is 45.3 Å². The number of hydrogen-bond donors (Lipinski definition) is 3. The van der Waals surface area contributed by atoms with Crippen molar-refractivity contribution >= 4 is 0 Å². The van der Waals surface area contributed by atoms with Crippen LogP contribution < -0.4 is 0 Å². The highest BCUT2D eigenvalue weighted by atomic mass is 16.5. The normalized spacial score (nSPS) is 57.8.